The molecule has 0 aliphatic rings. The van der Waals surface area contributed by atoms with Gasteiger partial charge in [0.05, 0.1) is 6.61 Å². The molecule has 0 spiro atoms. The number of hydrogen-bond acceptors (Lipinski definition) is 2. The van der Waals surface area contributed by atoms with Crippen molar-refractivity contribution >= 4 is 0 Å². The lowest BCUT2D eigenvalue weighted by Crippen LogP contribution is -2.18. The molecule has 1 aromatic carbocycles. The highest BCUT2D eigenvalue weighted by Crippen LogP contribution is 2.27. The van der Waals surface area contributed by atoms with Crippen molar-refractivity contribution < 1.29 is 31.8 Å². The van der Waals surface area contributed by atoms with E-state index in [0.717, 1.165) is 0 Å². The zero-order valence-electron chi connectivity index (χ0n) is 7.11. The molecule has 0 aliphatic carbocycles. The Kier molecular flexibility index (Phi) is 3.13. The van der Waals surface area contributed by atoms with E-state index in [2.05, 4.69) is 4.74 Å². The smallest absolute Gasteiger partial charge is 0.403 e. The zero-order valence-corrected chi connectivity index (χ0v) is 7.11. The van der Waals surface area contributed by atoms with Crippen LogP contribution in [0.3, 0.4) is 0 Å². The molecule has 0 aromatic heterocycles. The monoisotopic (exact) mass is 228 g/mol. The van der Waals surface area contributed by atoms with Gasteiger partial charge in [0.25, 0.3) is 0 Å². The van der Waals surface area contributed by atoms with Crippen molar-refractivity contribution in [2.24, 2.45) is 0 Å². The summed E-state index contributed by atoms with van der Waals surface area (Å²) in [4.78, 5) is 0. The summed E-state index contributed by atoms with van der Waals surface area (Å²) < 4.78 is 63.9. The van der Waals surface area contributed by atoms with Gasteiger partial charge in [-0.1, -0.05) is 0 Å². The van der Waals surface area contributed by atoms with Crippen LogP contribution in [0.1, 0.15) is 5.56 Å². The third-order valence-corrected chi connectivity index (χ3v) is 1.50. The van der Waals surface area contributed by atoms with Crippen LogP contribution in [0.25, 0.3) is 0 Å². The van der Waals surface area contributed by atoms with E-state index in [0.29, 0.717) is 6.07 Å². The quantitative estimate of drug-likeness (QED) is 0.787. The van der Waals surface area contributed by atoms with Gasteiger partial charge in [0, 0.05) is 11.6 Å². The summed E-state index contributed by atoms with van der Waals surface area (Å²) in [6, 6.07) is 0.671. The van der Waals surface area contributed by atoms with Crippen molar-refractivity contribution in [1.29, 1.82) is 0 Å². The Labute approximate surface area is 80.9 Å². The number of aliphatic hydroxyl groups is 1. The number of rotatable bonds is 2. The van der Waals surface area contributed by atoms with Crippen molar-refractivity contribution in [2.45, 2.75) is 13.0 Å². The fourth-order valence-electron chi connectivity index (χ4n) is 0.895. The molecule has 0 atom stereocenters. The number of hydrogen-bond donors (Lipinski definition) is 1. The topological polar surface area (TPSA) is 29.5 Å². The van der Waals surface area contributed by atoms with E-state index in [9.17, 15) is 22.0 Å². The summed E-state index contributed by atoms with van der Waals surface area (Å²) in [5.74, 6) is -3.79. The van der Waals surface area contributed by atoms with Gasteiger partial charge >= 0.3 is 6.36 Å². The molecule has 0 radical (unpaired) electrons. The molecule has 0 aliphatic heterocycles. The molecule has 0 unspecified atom stereocenters. The highest BCUT2D eigenvalue weighted by atomic mass is 19.4. The summed E-state index contributed by atoms with van der Waals surface area (Å²) >= 11 is 0. The summed E-state index contributed by atoms with van der Waals surface area (Å²) in [7, 11) is 0. The Morgan fingerprint density at radius 1 is 1.13 bits per heavy atom. The van der Waals surface area contributed by atoms with Gasteiger partial charge in [0.15, 0.2) is 11.6 Å². The minimum absolute atomic E-state index is 0.215. The van der Waals surface area contributed by atoms with Crippen LogP contribution >= 0.6 is 0 Å². The number of ether oxygens (including phenoxy) is 1. The van der Waals surface area contributed by atoms with E-state index in [1.807, 2.05) is 0 Å². The van der Waals surface area contributed by atoms with Gasteiger partial charge in [-0.3, -0.25) is 0 Å². The minimum atomic E-state index is -5.06. The van der Waals surface area contributed by atoms with Crippen molar-refractivity contribution in [1.82, 2.24) is 0 Å². The van der Waals surface area contributed by atoms with Crippen LogP contribution in [-0.4, -0.2) is 11.5 Å². The minimum Gasteiger partial charge on any atom is -0.403 e. The highest BCUT2D eigenvalue weighted by molar-refractivity contribution is 5.31. The standard InChI is InChI=1S/C8H5F5O2/c9-5-2-6(10)7(1-4(5)3-14)15-8(11,12)13/h1-2,14H,3H2. The fourth-order valence-corrected chi connectivity index (χ4v) is 0.895. The van der Waals surface area contributed by atoms with Crippen molar-refractivity contribution in [3.8, 4) is 5.75 Å². The van der Waals surface area contributed by atoms with E-state index in [1.165, 1.54) is 0 Å². The van der Waals surface area contributed by atoms with E-state index in [-0.39, 0.29) is 6.07 Å². The van der Waals surface area contributed by atoms with Crippen LogP contribution in [0.2, 0.25) is 0 Å². The molecule has 0 amide bonds. The van der Waals surface area contributed by atoms with Gasteiger partial charge in [-0.05, 0) is 6.07 Å². The first-order chi connectivity index (χ1) is 6.83. The summed E-state index contributed by atoms with van der Waals surface area (Å²) in [5, 5.41) is 8.53. The lowest BCUT2D eigenvalue weighted by Gasteiger charge is -2.10. The second-order valence-corrected chi connectivity index (χ2v) is 2.58. The molecular formula is C8H5F5O2. The summed E-state index contributed by atoms with van der Waals surface area (Å²) in [6.45, 7) is -0.847. The second-order valence-electron chi connectivity index (χ2n) is 2.58. The van der Waals surface area contributed by atoms with Gasteiger partial charge in [-0.2, -0.15) is 0 Å². The lowest BCUT2D eigenvalue weighted by molar-refractivity contribution is -0.275. The van der Waals surface area contributed by atoms with E-state index in [4.69, 9.17) is 5.11 Å². The molecule has 0 fully saturated rings. The third kappa shape index (κ3) is 3.05. The molecule has 0 saturated carbocycles. The molecule has 1 aromatic rings. The van der Waals surface area contributed by atoms with Gasteiger partial charge in [-0.25, -0.2) is 8.78 Å². The average Bonchev–Trinajstić information content (AvgIpc) is 2.07. The molecule has 1 rings (SSSR count). The van der Waals surface area contributed by atoms with Gasteiger partial charge in [0.2, 0.25) is 0 Å². The van der Waals surface area contributed by atoms with Gasteiger partial charge in [0.1, 0.15) is 5.82 Å². The molecular weight excluding hydrogens is 223 g/mol. The molecule has 2 nitrogen and oxygen atoms in total. The van der Waals surface area contributed by atoms with E-state index >= 15 is 0 Å². The Balaban J connectivity index is 3.08. The first kappa shape index (κ1) is 11.7. The van der Waals surface area contributed by atoms with Crippen LogP contribution in [0.15, 0.2) is 12.1 Å². The molecule has 0 heterocycles. The second kappa shape index (κ2) is 4.01. The maximum atomic E-state index is 12.8. The molecule has 84 valence electrons. The predicted octanol–water partition coefficient (Wildman–Crippen LogP) is 2.36. The van der Waals surface area contributed by atoms with Crippen LogP contribution in [0, 0.1) is 11.6 Å². The summed E-state index contributed by atoms with van der Waals surface area (Å²) in [5.41, 5.74) is -0.476. The number of halogens is 5. The van der Waals surface area contributed by atoms with Gasteiger partial charge in [-0.15, -0.1) is 13.2 Å². The Morgan fingerprint density at radius 3 is 2.20 bits per heavy atom. The maximum Gasteiger partial charge on any atom is 0.573 e. The fraction of sp³-hybridized carbons (Fsp3) is 0.250. The maximum absolute atomic E-state index is 12.8. The first-order valence-corrected chi connectivity index (χ1v) is 3.68. The number of aliphatic hydroxyl groups excluding tert-OH is 1. The highest BCUT2D eigenvalue weighted by Gasteiger charge is 2.32. The molecule has 0 bridgehead atoms. The number of benzene rings is 1. The Morgan fingerprint density at radius 2 is 1.73 bits per heavy atom. The largest absolute Gasteiger partial charge is 0.573 e. The summed E-state index contributed by atoms with van der Waals surface area (Å²) in [6.07, 6.45) is -5.06. The molecule has 1 N–H and O–H groups in total. The van der Waals surface area contributed by atoms with Gasteiger partial charge < -0.3 is 9.84 Å². The molecule has 0 saturated heterocycles. The van der Waals surface area contributed by atoms with E-state index < -0.39 is 35.9 Å². The van der Waals surface area contributed by atoms with E-state index in [1.54, 1.807) is 0 Å². The van der Waals surface area contributed by atoms with Crippen LogP contribution in [0.4, 0.5) is 22.0 Å². The third-order valence-electron chi connectivity index (χ3n) is 1.50. The van der Waals surface area contributed by atoms with Crippen molar-refractivity contribution in [2.75, 3.05) is 0 Å². The number of alkyl halides is 3. The molecule has 15 heavy (non-hydrogen) atoms. The first-order valence-electron chi connectivity index (χ1n) is 3.68. The Bertz CT molecular complexity index is 361. The van der Waals surface area contributed by atoms with Crippen molar-refractivity contribution in [3.05, 3.63) is 29.3 Å². The SMILES string of the molecule is OCc1cc(OC(F)(F)F)c(F)cc1F. The van der Waals surface area contributed by atoms with Crippen LogP contribution in [-0.2, 0) is 6.61 Å². The van der Waals surface area contributed by atoms with Crippen LogP contribution < -0.4 is 4.74 Å². The lowest BCUT2D eigenvalue weighted by atomic mass is 10.2. The van der Waals surface area contributed by atoms with Crippen molar-refractivity contribution in [3.63, 3.8) is 0 Å². The zero-order chi connectivity index (χ0) is 11.6. The predicted molar refractivity (Wildman–Crippen MR) is 39.0 cm³/mol. The molecule has 7 heteroatoms. The normalized spacial score (nSPS) is 11.6. The van der Waals surface area contributed by atoms with Crippen LogP contribution in [0.5, 0.6) is 5.75 Å². The average molecular weight is 228 g/mol. The Hall–Kier alpha value is -1.37.